The average Bonchev–Trinajstić information content (AvgIpc) is 2.72. The van der Waals surface area contributed by atoms with Gasteiger partial charge in [0.05, 0.1) is 6.61 Å². The van der Waals surface area contributed by atoms with Gasteiger partial charge in [-0.1, -0.05) is 0 Å². The minimum absolute atomic E-state index is 0.0111. The van der Waals surface area contributed by atoms with Gasteiger partial charge in [0.25, 0.3) is 5.56 Å². The molecule has 1 N–H and O–H groups in total. The number of ether oxygens (including phenoxy) is 1. The van der Waals surface area contributed by atoms with Gasteiger partial charge in [-0.15, -0.1) is 0 Å². The summed E-state index contributed by atoms with van der Waals surface area (Å²) in [7, 11) is 1.36. The maximum Gasteiger partial charge on any atom is 0.332 e. The second-order valence-electron chi connectivity index (χ2n) is 4.43. The maximum absolute atomic E-state index is 13.5. The molecular formula is C11H15FN2O4. The van der Waals surface area contributed by atoms with E-state index in [0.717, 1.165) is 4.57 Å². The number of aromatic nitrogens is 2. The lowest BCUT2D eigenvalue weighted by Gasteiger charge is -2.16. The molecule has 0 aromatic carbocycles. The zero-order valence-corrected chi connectivity index (χ0v) is 10.2. The Balaban J connectivity index is 2.42. The number of nitrogens with zero attached hydrogens (tertiary/aromatic N) is 2. The third kappa shape index (κ3) is 1.99. The fourth-order valence-corrected chi connectivity index (χ4v) is 2.07. The van der Waals surface area contributed by atoms with Crippen molar-refractivity contribution in [3.8, 4) is 0 Å². The third-order valence-corrected chi connectivity index (χ3v) is 3.13. The first kappa shape index (κ1) is 13.0. The zero-order chi connectivity index (χ0) is 13.4. The van der Waals surface area contributed by atoms with Crippen LogP contribution in [0.25, 0.3) is 0 Å². The predicted octanol–water partition coefficient (Wildman–Crippen LogP) is -0.527. The third-order valence-electron chi connectivity index (χ3n) is 3.13. The summed E-state index contributed by atoms with van der Waals surface area (Å²) in [4.78, 5) is 23.4. The van der Waals surface area contributed by atoms with E-state index in [-0.39, 0.29) is 12.0 Å². The molecule has 0 bridgehead atoms. The first-order valence-electron chi connectivity index (χ1n) is 5.65. The number of aliphatic hydroxyl groups excluding tert-OH is 1. The van der Waals surface area contributed by atoms with Crippen molar-refractivity contribution in [2.24, 2.45) is 7.05 Å². The van der Waals surface area contributed by atoms with E-state index in [2.05, 4.69) is 0 Å². The highest BCUT2D eigenvalue weighted by molar-refractivity contribution is 5.03. The summed E-state index contributed by atoms with van der Waals surface area (Å²) in [5.74, 6) is 0. The highest BCUT2D eigenvalue weighted by Gasteiger charge is 2.36. The minimum Gasteiger partial charge on any atom is -0.394 e. The zero-order valence-electron chi connectivity index (χ0n) is 10.2. The van der Waals surface area contributed by atoms with Crippen LogP contribution in [-0.4, -0.2) is 33.1 Å². The van der Waals surface area contributed by atoms with Crippen LogP contribution in [0.3, 0.4) is 0 Å². The first-order valence-corrected chi connectivity index (χ1v) is 5.65. The van der Waals surface area contributed by atoms with Crippen molar-refractivity contribution in [2.75, 3.05) is 6.61 Å². The molecule has 1 aromatic rings. The van der Waals surface area contributed by atoms with Gasteiger partial charge in [-0.2, -0.15) is 0 Å². The van der Waals surface area contributed by atoms with E-state index in [1.807, 2.05) is 0 Å². The Morgan fingerprint density at radius 2 is 2.22 bits per heavy atom. The topological polar surface area (TPSA) is 73.5 Å². The van der Waals surface area contributed by atoms with Gasteiger partial charge in [-0.05, 0) is 6.92 Å². The summed E-state index contributed by atoms with van der Waals surface area (Å²) in [6.07, 6.45) is -1.66. The van der Waals surface area contributed by atoms with E-state index in [0.29, 0.717) is 5.56 Å². The van der Waals surface area contributed by atoms with Crippen LogP contribution in [0, 0.1) is 6.92 Å². The highest BCUT2D eigenvalue weighted by atomic mass is 19.1. The number of hydrogen-bond acceptors (Lipinski definition) is 4. The molecule has 7 heteroatoms. The maximum atomic E-state index is 13.5. The molecule has 3 atom stereocenters. The molecule has 1 aromatic heterocycles. The fourth-order valence-electron chi connectivity index (χ4n) is 2.07. The van der Waals surface area contributed by atoms with E-state index >= 15 is 0 Å². The minimum atomic E-state index is -1.32. The number of halogens is 1. The summed E-state index contributed by atoms with van der Waals surface area (Å²) in [5.41, 5.74) is -0.560. The van der Waals surface area contributed by atoms with Gasteiger partial charge >= 0.3 is 5.69 Å². The Morgan fingerprint density at radius 1 is 1.56 bits per heavy atom. The second kappa shape index (κ2) is 4.66. The van der Waals surface area contributed by atoms with Crippen LogP contribution in [0.5, 0.6) is 0 Å². The van der Waals surface area contributed by atoms with Crippen LogP contribution >= 0.6 is 0 Å². The molecule has 2 heterocycles. The Kier molecular flexibility index (Phi) is 3.36. The van der Waals surface area contributed by atoms with E-state index in [1.54, 1.807) is 6.92 Å². The summed E-state index contributed by atoms with van der Waals surface area (Å²) >= 11 is 0. The molecule has 1 fully saturated rings. The quantitative estimate of drug-likeness (QED) is 0.774. The molecule has 6 nitrogen and oxygen atoms in total. The lowest BCUT2D eigenvalue weighted by Crippen LogP contribution is -2.40. The number of alkyl halides is 1. The van der Waals surface area contributed by atoms with Crippen LogP contribution < -0.4 is 11.2 Å². The van der Waals surface area contributed by atoms with Crippen molar-refractivity contribution in [2.45, 2.75) is 31.8 Å². The average molecular weight is 258 g/mol. The number of rotatable bonds is 2. The summed E-state index contributed by atoms with van der Waals surface area (Å²) < 4.78 is 20.9. The normalized spacial score (nSPS) is 27.7. The van der Waals surface area contributed by atoms with E-state index in [9.17, 15) is 14.0 Å². The Bertz CT molecular complexity index is 565. The molecule has 18 heavy (non-hydrogen) atoms. The monoisotopic (exact) mass is 258 g/mol. The van der Waals surface area contributed by atoms with Gasteiger partial charge in [0.2, 0.25) is 0 Å². The predicted molar refractivity (Wildman–Crippen MR) is 61.2 cm³/mol. The molecule has 1 saturated heterocycles. The van der Waals surface area contributed by atoms with Crippen LogP contribution in [0.15, 0.2) is 15.8 Å². The van der Waals surface area contributed by atoms with E-state index in [4.69, 9.17) is 9.84 Å². The molecule has 0 unspecified atom stereocenters. The molecule has 0 radical (unpaired) electrons. The van der Waals surface area contributed by atoms with Crippen molar-refractivity contribution in [3.05, 3.63) is 32.6 Å². The molecule has 0 saturated carbocycles. The van der Waals surface area contributed by atoms with Crippen molar-refractivity contribution < 1.29 is 14.2 Å². The van der Waals surface area contributed by atoms with Crippen LogP contribution in [0.1, 0.15) is 18.2 Å². The van der Waals surface area contributed by atoms with E-state index in [1.165, 1.54) is 17.8 Å². The van der Waals surface area contributed by atoms with Crippen LogP contribution in [-0.2, 0) is 11.8 Å². The summed E-state index contributed by atoms with van der Waals surface area (Å²) in [5, 5.41) is 8.92. The standard InChI is InChI=1S/C11H15FN2O4/c1-6-4-14(11(17)13(2)10(6)16)9-3-7(12)8(5-15)18-9/h4,7-9,15H,3,5H2,1-2H3/t7-,8+,9+/m0/s1. The number of hydrogen-bond donors (Lipinski definition) is 1. The molecule has 1 aliphatic rings. The molecule has 0 spiro atoms. The van der Waals surface area contributed by atoms with Crippen molar-refractivity contribution >= 4 is 0 Å². The highest BCUT2D eigenvalue weighted by Crippen LogP contribution is 2.29. The summed E-state index contributed by atoms with van der Waals surface area (Å²) in [6, 6.07) is 0. The molecule has 0 amide bonds. The molecule has 0 aliphatic carbocycles. The Hall–Kier alpha value is -1.47. The Morgan fingerprint density at radius 3 is 2.78 bits per heavy atom. The van der Waals surface area contributed by atoms with Gasteiger partial charge in [-0.3, -0.25) is 13.9 Å². The second-order valence-corrected chi connectivity index (χ2v) is 4.43. The smallest absolute Gasteiger partial charge is 0.332 e. The van der Waals surface area contributed by atoms with Crippen LogP contribution in [0.4, 0.5) is 4.39 Å². The number of aryl methyl sites for hydroxylation is 1. The van der Waals surface area contributed by atoms with Crippen molar-refractivity contribution in [1.82, 2.24) is 9.13 Å². The number of aliphatic hydroxyl groups is 1. The molecule has 1 aliphatic heterocycles. The first-order chi connectivity index (χ1) is 8.45. The van der Waals surface area contributed by atoms with Gasteiger partial charge < -0.3 is 9.84 Å². The lowest BCUT2D eigenvalue weighted by atomic mass is 10.2. The van der Waals surface area contributed by atoms with Crippen molar-refractivity contribution in [1.29, 1.82) is 0 Å². The Labute approximate surface area is 102 Å². The largest absolute Gasteiger partial charge is 0.394 e. The summed E-state index contributed by atoms with van der Waals surface area (Å²) in [6.45, 7) is 1.14. The lowest BCUT2D eigenvalue weighted by molar-refractivity contribution is -0.0360. The van der Waals surface area contributed by atoms with Gasteiger partial charge in [0, 0.05) is 25.2 Å². The van der Waals surface area contributed by atoms with E-state index < -0.39 is 30.8 Å². The van der Waals surface area contributed by atoms with Crippen molar-refractivity contribution in [3.63, 3.8) is 0 Å². The van der Waals surface area contributed by atoms with Gasteiger partial charge in [0.15, 0.2) is 0 Å². The van der Waals surface area contributed by atoms with Gasteiger partial charge in [0.1, 0.15) is 18.5 Å². The molecule has 100 valence electrons. The SMILES string of the molecule is Cc1cn([C@H]2C[C@H](F)[C@@H](CO)O2)c(=O)n(C)c1=O. The molecule has 2 rings (SSSR count). The van der Waals surface area contributed by atoms with Gasteiger partial charge in [-0.25, -0.2) is 9.18 Å². The fraction of sp³-hybridized carbons (Fsp3) is 0.636. The molecular weight excluding hydrogens is 243 g/mol. The van der Waals surface area contributed by atoms with Crippen LogP contribution in [0.2, 0.25) is 0 Å².